The first-order valence-corrected chi connectivity index (χ1v) is 16.0. The Labute approximate surface area is 253 Å². The van der Waals surface area contributed by atoms with E-state index >= 15 is 0 Å². The summed E-state index contributed by atoms with van der Waals surface area (Å²) in [5, 5.41) is 9.74. The van der Waals surface area contributed by atoms with Gasteiger partial charge in [-0.15, -0.1) is 22.7 Å². The molecule has 5 heteroatoms. The van der Waals surface area contributed by atoms with Crippen molar-refractivity contribution in [2.75, 3.05) is 0 Å². The van der Waals surface area contributed by atoms with Crippen molar-refractivity contribution in [1.82, 2.24) is 14.5 Å². The van der Waals surface area contributed by atoms with E-state index < -0.39 is 0 Å². The van der Waals surface area contributed by atoms with Gasteiger partial charge in [-0.05, 0) is 53.2 Å². The lowest BCUT2D eigenvalue weighted by Crippen LogP contribution is -2.02. The third-order valence-electron chi connectivity index (χ3n) is 8.62. The lowest BCUT2D eigenvalue weighted by molar-refractivity contribution is 1.02. The van der Waals surface area contributed by atoms with E-state index in [1.165, 1.54) is 51.8 Å². The Morgan fingerprint density at radius 1 is 0.465 bits per heavy atom. The van der Waals surface area contributed by atoms with Crippen molar-refractivity contribution in [2.45, 2.75) is 0 Å². The van der Waals surface area contributed by atoms with Crippen molar-refractivity contribution in [2.24, 2.45) is 0 Å². The van der Waals surface area contributed by atoms with Gasteiger partial charge in [0.2, 0.25) is 5.95 Å². The maximum absolute atomic E-state index is 5.45. The molecule has 6 aromatic carbocycles. The van der Waals surface area contributed by atoms with Gasteiger partial charge in [0.25, 0.3) is 0 Å². The highest BCUT2D eigenvalue weighted by atomic mass is 32.1. The molecule has 0 amide bonds. The molecule has 0 unspecified atom stereocenters. The van der Waals surface area contributed by atoms with E-state index in [9.17, 15) is 0 Å². The molecule has 0 aliphatic rings. The fourth-order valence-electron chi connectivity index (χ4n) is 6.66. The molecule has 200 valence electrons. The smallest absolute Gasteiger partial charge is 0.236 e. The topological polar surface area (TPSA) is 30.7 Å². The van der Waals surface area contributed by atoms with Crippen LogP contribution in [0.5, 0.6) is 0 Å². The number of aromatic nitrogens is 3. The summed E-state index contributed by atoms with van der Waals surface area (Å²) in [7, 11) is 0. The largest absolute Gasteiger partial charge is 0.278 e. The Morgan fingerprint density at radius 2 is 1.14 bits per heavy atom. The van der Waals surface area contributed by atoms with Gasteiger partial charge in [-0.3, -0.25) is 4.57 Å². The fourth-order valence-corrected chi connectivity index (χ4v) is 8.82. The number of nitrogens with zero attached hydrogens (tertiary/aromatic N) is 3. The van der Waals surface area contributed by atoms with Gasteiger partial charge < -0.3 is 0 Å². The molecule has 0 radical (unpaired) electrons. The number of benzene rings is 6. The third kappa shape index (κ3) is 3.35. The van der Waals surface area contributed by atoms with Gasteiger partial charge in [0, 0.05) is 52.0 Å². The summed E-state index contributed by atoms with van der Waals surface area (Å²) in [4.78, 5) is 11.7. The average Bonchev–Trinajstić information content (AvgIpc) is 3.72. The molecule has 0 aliphatic carbocycles. The zero-order valence-electron chi connectivity index (χ0n) is 22.8. The first kappa shape index (κ1) is 23.5. The lowest BCUT2D eigenvalue weighted by atomic mass is 10.0. The molecule has 0 fully saturated rings. The fraction of sp³-hybridized carbons (Fsp3) is 0. The van der Waals surface area contributed by atoms with Crippen molar-refractivity contribution in [3.05, 3.63) is 127 Å². The van der Waals surface area contributed by atoms with Crippen LogP contribution in [0.2, 0.25) is 0 Å². The van der Waals surface area contributed by atoms with E-state index in [2.05, 4.69) is 132 Å². The number of para-hydroxylation sites is 1. The van der Waals surface area contributed by atoms with Crippen molar-refractivity contribution in [3.63, 3.8) is 0 Å². The van der Waals surface area contributed by atoms with Crippen LogP contribution in [0.3, 0.4) is 0 Å². The van der Waals surface area contributed by atoms with Crippen molar-refractivity contribution in [3.8, 4) is 17.2 Å². The third-order valence-corrected chi connectivity index (χ3v) is 10.8. The highest BCUT2D eigenvalue weighted by molar-refractivity contribution is 7.26. The predicted octanol–water partition coefficient (Wildman–Crippen LogP) is 11.1. The zero-order chi connectivity index (χ0) is 28.1. The number of thiophene rings is 2. The molecule has 0 saturated heterocycles. The SMILES string of the molecule is c1ccc2cc3c(cc2c1)c1ccccc1n3-c1nc(-c2ccc3sc4ccccc4c3c2)c2c(n1)sc1ccccc12. The molecule has 0 atom stereocenters. The van der Waals surface area contributed by atoms with E-state index in [1.807, 2.05) is 11.3 Å². The van der Waals surface area contributed by atoms with Crippen LogP contribution in [0, 0.1) is 0 Å². The Hall–Kier alpha value is -5.10. The molecule has 4 aromatic heterocycles. The van der Waals surface area contributed by atoms with Crippen LogP contribution < -0.4 is 0 Å². The van der Waals surface area contributed by atoms with Gasteiger partial charge in [-0.2, -0.15) is 0 Å². The molecular formula is C38H21N3S2. The second kappa shape index (κ2) is 8.71. The van der Waals surface area contributed by atoms with Crippen LogP contribution in [0.25, 0.3) is 90.3 Å². The molecule has 3 nitrogen and oxygen atoms in total. The minimum absolute atomic E-state index is 0.700. The van der Waals surface area contributed by atoms with Gasteiger partial charge in [0.05, 0.1) is 16.7 Å². The first-order chi connectivity index (χ1) is 21.3. The molecule has 4 heterocycles. The normalized spacial score (nSPS) is 12.2. The van der Waals surface area contributed by atoms with Crippen molar-refractivity contribution >= 4 is 95.7 Å². The molecule has 10 rings (SSSR count). The quantitative estimate of drug-likeness (QED) is 0.203. The van der Waals surface area contributed by atoms with Gasteiger partial charge in [-0.1, -0.05) is 84.9 Å². The summed E-state index contributed by atoms with van der Waals surface area (Å²) in [6.45, 7) is 0. The lowest BCUT2D eigenvalue weighted by Gasteiger charge is -2.11. The summed E-state index contributed by atoms with van der Waals surface area (Å²) in [6, 6.07) is 45.8. The van der Waals surface area contributed by atoms with E-state index in [0.29, 0.717) is 5.95 Å². The summed E-state index contributed by atoms with van der Waals surface area (Å²) in [5.41, 5.74) is 4.31. The maximum atomic E-state index is 5.45. The predicted molar refractivity (Wildman–Crippen MR) is 185 cm³/mol. The summed E-state index contributed by atoms with van der Waals surface area (Å²) in [5.74, 6) is 0.700. The summed E-state index contributed by atoms with van der Waals surface area (Å²) >= 11 is 3.58. The number of hydrogen-bond acceptors (Lipinski definition) is 4. The van der Waals surface area contributed by atoms with E-state index in [-0.39, 0.29) is 0 Å². The summed E-state index contributed by atoms with van der Waals surface area (Å²) < 4.78 is 6.07. The average molecular weight is 584 g/mol. The van der Waals surface area contributed by atoms with Crippen LogP contribution in [0.4, 0.5) is 0 Å². The van der Waals surface area contributed by atoms with Crippen LogP contribution in [-0.2, 0) is 0 Å². The Bertz CT molecular complexity index is 2750. The molecule has 10 aromatic rings. The highest BCUT2D eigenvalue weighted by Crippen LogP contribution is 2.42. The Balaban J connectivity index is 1.34. The molecule has 0 N–H and O–H groups in total. The molecule has 0 bridgehead atoms. The van der Waals surface area contributed by atoms with Crippen LogP contribution in [0.1, 0.15) is 0 Å². The van der Waals surface area contributed by atoms with Crippen molar-refractivity contribution in [1.29, 1.82) is 0 Å². The Kier molecular flexibility index (Phi) is 4.75. The van der Waals surface area contributed by atoms with Gasteiger partial charge in [-0.25, -0.2) is 9.97 Å². The second-order valence-corrected chi connectivity index (χ2v) is 13.1. The number of rotatable bonds is 2. The maximum Gasteiger partial charge on any atom is 0.236 e. The second-order valence-electron chi connectivity index (χ2n) is 11.0. The highest BCUT2D eigenvalue weighted by Gasteiger charge is 2.21. The van der Waals surface area contributed by atoms with Gasteiger partial charge in [0.1, 0.15) is 4.83 Å². The van der Waals surface area contributed by atoms with E-state index in [4.69, 9.17) is 9.97 Å². The van der Waals surface area contributed by atoms with Crippen LogP contribution >= 0.6 is 22.7 Å². The minimum Gasteiger partial charge on any atom is -0.278 e. The number of hydrogen-bond donors (Lipinski definition) is 0. The van der Waals surface area contributed by atoms with Crippen molar-refractivity contribution < 1.29 is 0 Å². The van der Waals surface area contributed by atoms with Gasteiger partial charge >= 0.3 is 0 Å². The van der Waals surface area contributed by atoms with E-state index in [0.717, 1.165) is 32.5 Å². The van der Waals surface area contributed by atoms with Crippen LogP contribution in [-0.4, -0.2) is 14.5 Å². The minimum atomic E-state index is 0.700. The van der Waals surface area contributed by atoms with Crippen LogP contribution in [0.15, 0.2) is 127 Å². The summed E-state index contributed by atoms with van der Waals surface area (Å²) in [6.07, 6.45) is 0. The number of fused-ring (bicyclic) bond motifs is 10. The Morgan fingerprint density at radius 3 is 2.00 bits per heavy atom. The monoisotopic (exact) mass is 583 g/mol. The first-order valence-electron chi connectivity index (χ1n) is 14.3. The molecule has 43 heavy (non-hydrogen) atoms. The molecule has 0 aliphatic heterocycles. The molecule has 0 saturated carbocycles. The molecular weight excluding hydrogens is 563 g/mol. The standard InChI is InChI=1S/C38H21N3S2/c1-2-10-23-21-31-28(19-22(23)9-1)25-11-3-6-14-30(25)41(31)38-39-36(35-27-13-5-8-16-33(27)43-37(35)40-38)24-17-18-34-29(20-24)26-12-4-7-15-32(26)42-34/h1-21H. The van der Waals surface area contributed by atoms with Gasteiger partial charge in [0.15, 0.2) is 0 Å². The zero-order valence-corrected chi connectivity index (χ0v) is 24.4. The molecule has 0 spiro atoms. The van der Waals surface area contributed by atoms with E-state index in [1.54, 1.807) is 11.3 Å².